The van der Waals surface area contributed by atoms with Crippen molar-refractivity contribution in [2.24, 2.45) is 0 Å². The summed E-state index contributed by atoms with van der Waals surface area (Å²) in [6.45, 7) is 16.6. The van der Waals surface area contributed by atoms with Crippen LogP contribution in [0, 0.1) is 0 Å². The van der Waals surface area contributed by atoms with Crippen LogP contribution in [0.4, 0.5) is 4.79 Å². The molecular weight excluding hydrogens is 401 g/mol. The van der Waals surface area contributed by atoms with Gasteiger partial charge in [0.15, 0.2) is 5.69 Å². The minimum atomic E-state index is -0.799. The number of hydrogen-bond acceptors (Lipinski definition) is 7. The first-order chi connectivity index (χ1) is 14.3. The molecule has 0 aromatic carbocycles. The Hall–Kier alpha value is -2.07. The third-order valence-electron chi connectivity index (χ3n) is 5.85. The molecule has 3 rings (SSSR count). The Morgan fingerprint density at radius 2 is 1.74 bits per heavy atom. The number of aromatic nitrogens is 2. The second kappa shape index (κ2) is 8.13. The number of fused-ring (bicyclic) bond motifs is 1. The van der Waals surface area contributed by atoms with Gasteiger partial charge in [-0.25, -0.2) is 9.59 Å². The molecule has 0 N–H and O–H groups in total. The van der Waals surface area contributed by atoms with E-state index in [1.54, 1.807) is 16.5 Å². The predicted molar refractivity (Wildman–Crippen MR) is 115 cm³/mol. The third kappa shape index (κ3) is 4.74. The maximum Gasteiger partial charge on any atom is 0.499 e. The molecule has 3 heterocycles. The molecule has 0 spiro atoms. The lowest BCUT2D eigenvalue weighted by molar-refractivity contribution is 0.00578. The Kier molecular flexibility index (Phi) is 6.19. The average molecular weight is 435 g/mol. The highest BCUT2D eigenvalue weighted by molar-refractivity contribution is 6.64. The Labute approximate surface area is 184 Å². The van der Waals surface area contributed by atoms with E-state index >= 15 is 0 Å². The zero-order chi connectivity index (χ0) is 23.2. The zero-order valence-corrected chi connectivity index (χ0v) is 19.9. The smallest absolute Gasteiger partial charge is 0.461 e. The Morgan fingerprint density at radius 3 is 2.29 bits per heavy atom. The Balaban J connectivity index is 2.03. The number of amides is 1. The van der Waals surface area contributed by atoms with Gasteiger partial charge in [-0.05, 0) is 61.8 Å². The molecular formula is C21H34BN3O6. The zero-order valence-electron chi connectivity index (χ0n) is 19.9. The number of carbonyl (C=O) groups excluding carboxylic acids is 2. The van der Waals surface area contributed by atoms with Crippen LogP contribution in [0.5, 0.6) is 0 Å². The lowest BCUT2D eigenvalue weighted by Gasteiger charge is -2.32. The maximum atomic E-state index is 12.8. The van der Waals surface area contributed by atoms with Crippen LogP contribution >= 0.6 is 0 Å². The van der Waals surface area contributed by atoms with Gasteiger partial charge in [0, 0.05) is 18.6 Å². The third-order valence-corrected chi connectivity index (χ3v) is 5.85. The largest absolute Gasteiger partial charge is 0.499 e. The topological polar surface area (TPSA) is 92.1 Å². The quantitative estimate of drug-likeness (QED) is 0.532. The van der Waals surface area contributed by atoms with Crippen molar-refractivity contribution in [3.8, 4) is 0 Å². The fourth-order valence-electron chi connectivity index (χ4n) is 3.57. The number of rotatable bonds is 3. The number of carbonyl (C=O) groups is 2. The van der Waals surface area contributed by atoms with Gasteiger partial charge < -0.3 is 23.7 Å². The van der Waals surface area contributed by atoms with Crippen molar-refractivity contribution in [3.63, 3.8) is 0 Å². The van der Waals surface area contributed by atoms with Gasteiger partial charge in [-0.2, -0.15) is 5.10 Å². The molecule has 0 saturated carbocycles. The van der Waals surface area contributed by atoms with Crippen LogP contribution in [0.3, 0.4) is 0 Å². The van der Waals surface area contributed by atoms with E-state index in [9.17, 15) is 9.59 Å². The monoisotopic (exact) mass is 435 g/mol. The molecule has 0 aliphatic carbocycles. The van der Waals surface area contributed by atoms with Crippen LogP contribution in [0.1, 0.15) is 78.0 Å². The second-order valence-electron chi connectivity index (χ2n) is 10.00. The lowest BCUT2D eigenvalue weighted by atomic mass is 9.76. The van der Waals surface area contributed by atoms with Gasteiger partial charge in [0.2, 0.25) is 0 Å². The summed E-state index contributed by atoms with van der Waals surface area (Å²) in [5.74, 6) is -0.531. The molecule has 0 atom stereocenters. The summed E-state index contributed by atoms with van der Waals surface area (Å²) >= 11 is 0. The summed E-state index contributed by atoms with van der Waals surface area (Å²) in [5.41, 5.74) is -0.394. The molecule has 1 amide bonds. The van der Waals surface area contributed by atoms with Crippen LogP contribution < -0.4 is 5.46 Å². The van der Waals surface area contributed by atoms with Gasteiger partial charge in [-0.3, -0.25) is 4.68 Å². The highest BCUT2D eigenvalue weighted by Crippen LogP contribution is 2.37. The number of hydrogen-bond donors (Lipinski definition) is 0. The highest BCUT2D eigenvalue weighted by atomic mass is 16.7. The molecule has 9 nitrogen and oxygen atoms in total. The van der Waals surface area contributed by atoms with Crippen molar-refractivity contribution < 1.29 is 28.4 Å². The molecule has 1 fully saturated rings. The average Bonchev–Trinajstić information content (AvgIpc) is 2.96. The summed E-state index contributed by atoms with van der Waals surface area (Å²) in [7, 11) is -0.799. The molecule has 0 bridgehead atoms. The lowest BCUT2D eigenvalue weighted by Crippen LogP contribution is -2.42. The molecule has 1 saturated heterocycles. The Morgan fingerprint density at radius 1 is 1.13 bits per heavy atom. The van der Waals surface area contributed by atoms with Crippen molar-refractivity contribution >= 4 is 24.6 Å². The highest BCUT2D eigenvalue weighted by Gasteiger charge is 2.54. The van der Waals surface area contributed by atoms with Gasteiger partial charge in [-0.15, -0.1) is 0 Å². The first-order valence-electron chi connectivity index (χ1n) is 10.9. The van der Waals surface area contributed by atoms with E-state index in [0.717, 1.165) is 0 Å². The molecule has 10 heteroatoms. The first kappa shape index (κ1) is 23.6. The summed E-state index contributed by atoms with van der Waals surface area (Å²) in [5, 5.41) is 4.54. The normalized spacial score (nSPS) is 20.3. The molecule has 172 valence electrons. The number of ether oxygens (including phenoxy) is 2. The van der Waals surface area contributed by atoms with E-state index in [2.05, 4.69) is 5.10 Å². The van der Waals surface area contributed by atoms with Gasteiger partial charge in [-0.1, -0.05) is 0 Å². The minimum Gasteiger partial charge on any atom is -0.461 e. The van der Waals surface area contributed by atoms with E-state index < -0.39 is 36.0 Å². The standard InChI is InChI=1S/C21H34BN3O6/c1-9-28-17(26)16-15(22-30-20(5,6)21(7,8)31-22)14-13-24(11-10-12-25(14)23-16)18(27)29-19(2,3)4/h9-13H2,1-8H3. The summed E-state index contributed by atoms with van der Waals surface area (Å²) in [6, 6.07) is 0. The predicted octanol–water partition coefficient (Wildman–Crippen LogP) is 2.50. The number of nitrogens with zero attached hydrogens (tertiary/aromatic N) is 3. The molecule has 1 aromatic rings. The SMILES string of the molecule is CCOC(=O)c1nn2c(c1B1OC(C)(C)C(C)(C)O1)CN(C(=O)OC(C)(C)C)CCC2. The van der Waals surface area contributed by atoms with Crippen LogP contribution in [0.15, 0.2) is 0 Å². The van der Waals surface area contributed by atoms with Crippen LogP contribution in [-0.4, -0.2) is 63.8 Å². The molecule has 2 aliphatic rings. The van der Waals surface area contributed by atoms with Crippen molar-refractivity contribution in [2.75, 3.05) is 13.2 Å². The van der Waals surface area contributed by atoms with Gasteiger partial charge in [0.25, 0.3) is 0 Å². The summed E-state index contributed by atoms with van der Waals surface area (Å²) in [6.07, 6.45) is 0.277. The first-order valence-corrected chi connectivity index (χ1v) is 10.9. The minimum absolute atomic E-state index is 0.168. The van der Waals surface area contributed by atoms with Gasteiger partial charge in [0.1, 0.15) is 5.60 Å². The van der Waals surface area contributed by atoms with E-state index in [1.807, 2.05) is 48.5 Å². The number of esters is 1. The van der Waals surface area contributed by atoms with Crippen LogP contribution in [-0.2, 0) is 31.9 Å². The molecule has 2 aliphatic heterocycles. The fraction of sp³-hybridized carbons (Fsp3) is 0.762. The van der Waals surface area contributed by atoms with Crippen molar-refractivity contribution in [1.29, 1.82) is 0 Å². The van der Waals surface area contributed by atoms with Crippen molar-refractivity contribution in [1.82, 2.24) is 14.7 Å². The van der Waals surface area contributed by atoms with Crippen LogP contribution in [0.2, 0.25) is 0 Å². The molecule has 0 radical (unpaired) electrons. The van der Waals surface area contributed by atoms with Gasteiger partial charge in [0.05, 0.1) is 30.0 Å². The van der Waals surface area contributed by atoms with E-state index in [4.69, 9.17) is 18.8 Å². The van der Waals surface area contributed by atoms with Gasteiger partial charge >= 0.3 is 19.2 Å². The van der Waals surface area contributed by atoms with Crippen LogP contribution in [0.25, 0.3) is 0 Å². The molecule has 0 unspecified atom stereocenters. The fourth-order valence-corrected chi connectivity index (χ4v) is 3.57. The van der Waals surface area contributed by atoms with Crippen molar-refractivity contribution in [2.45, 2.75) is 91.7 Å². The second-order valence-corrected chi connectivity index (χ2v) is 10.00. The summed E-state index contributed by atoms with van der Waals surface area (Å²) in [4.78, 5) is 27.1. The van der Waals surface area contributed by atoms with E-state index in [0.29, 0.717) is 30.7 Å². The van der Waals surface area contributed by atoms with Crippen molar-refractivity contribution in [3.05, 3.63) is 11.4 Å². The number of aryl methyl sites for hydroxylation is 1. The van der Waals surface area contributed by atoms with E-state index in [-0.39, 0.29) is 18.8 Å². The molecule has 1 aromatic heterocycles. The molecule has 31 heavy (non-hydrogen) atoms. The van der Waals surface area contributed by atoms with E-state index in [1.165, 1.54) is 0 Å². The Bertz CT molecular complexity index is 842. The summed E-state index contributed by atoms with van der Waals surface area (Å²) < 4.78 is 25.1. The maximum absolute atomic E-state index is 12.8.